The van der Waals surface area contributed by atoms with Crippen LogP contribution in [0.4, 0.5) is 5.69 Å². The molecule has 2 aromatic rings. The summed E-state index contributed by atoms with van der Waals surface area (Å²) in [5, 5.41) is 3.66. The van der Waals surface area contributed by atoms with Gasteiger partial charge in [-0.2, -0.15) is 4.98 Å². The molecule has 5 nitrogen and oxygen atoms in total. The van der Waals surface area contributed by atoms with Gasteiger partial charge in [0, 0.05) is 24.5 Å². The van der Waals surface area contributed by atoms with Crippen LogP contribution in [0.3, 0.4) is 0 Å². The molecule has 0 aliphatic carbocycles. The van der Waals surface area contributed by atoms with E-state index >= 15 is 0 Å². The largest absolute Gasteiger partial charge is 0.328 e. The fraction of sp³-hybridized carbons (Fsp3) is 0.450. The average Bonchev–Trinajstić information content (AvgIpc) is 2.59. The lowest BCUT2D eigenvalue weighted by atomic mass is 9.92. The van der Waals surface area contributed by atoms with Gasteiger partial charge in [-0.15, -0.1) is 0 Å². The maximum atomic E-state index is 12.6. The number of benzene rings is 1. The molecule has 0 saturated heterocycles. The predicted molar refractivity (Wildman–Crippen MR) is 108 cm³/mol. The van der Waals surface area contributed by atoms with Crippen LogP contribution in [0.1, 0.15) is 57.6 Å². The Balaban J connectivity index is 2.18. The highest BCUT2D eigenvalue weighted by atomic mass is 32.2. The van der Waals surface area contributed by atoms with Crippen LogP contribution in [0, 0.1) is 0 Å². The van der Waals surface area contributed by atoms with Gasteiger partial charge in [0.05, 0.1) is 5.75 Å². The number of hydrogen-bond acceptors (Lipinski definition) is 4. The Hall–Kier alpha value is -2.08. The molecule has 0 radical (unpaired) electrons. The van der Waals surface area contributed by atoms with Crippen molar-refractivity contribution in [3.05, 3.63) is 51.9 Å². The highest BCUT2D eigenvalue weighted by Gasteiger charge is 2.16. The molecule has 0 saturated carbocycles. The van der Waals surface area contributed by atoms with E-state index in [1.165, 1.54) is 17.8 Å². The number of carbonyl (C=O) groups excluding carboxylic acids is 1. The molecule has 6 heteroatoms. The molecular formula is C20H27N3O2S. The first kappa shape index (κ1) is 20.2. The molecule has 0 atom stereocenters. The molecule has 0 bridgehead atoms. The number of thioether (sulfide) groups is 1. The lowest BCUT2D eigenvalue weighted by Crippen LogP contribution is -2.19. The smallest absolute Gasteiger partial charge is 0.273 e. The normalized spacial score (nSPS) is 11.2. The maximum Gasteiger partial charge on any atom is 0.273 e. The Bertz CT molecular complexity index is 802. The minimum Gasteiger partial charge on any atom is -0.328 e. The summed E-state index contributed by atoms with van der Waals surface area (Å²) < 4.78 is 1.86. The van der Waals surface area contributed by atoms with Gasteiger partial charge in [0.1, 0.15) is 0 Å². The molecule has 1 heterocycles. The van der Waals surface area contributed by atoms with Crippen LogP contribution in [-0.2, 0) is 11.3 Å². The second-order valence-electron chi connectivity index (χ2n) is 6.79. The van der Waals surface area contributed by atoms with E-state index in [0.29, 0.717) is 23.5 Å². The molecule has 1 amide bonds. The standard InChI is InChI=1S/C20H27N3O2S/c1-6-23-11-10-17(24)22-20(23)26-12-18(25)21-19-15(13(2)3)8-7-9-16(19)14(4)5/h7-11,13-14H,6,12H2,1-5H3,(H,21,25). The molecule has 0 unspecified atom stereocenters. The molecule has 1 aromatic carbocycles. The van der Waals surface area contributed by atoms with E-state index in [1.54, 1.807) is 6.20 Å². The number of nitrogens with zero attached hydrogens (tertiary/aromatic N) is 2. The molecule has 0 aliphatic heterocycles. The average molecular weight is 374 g/mol. The monoisotopic (exact) mass is 373 g/mol. The number of aryl methyl sites for hydroxylation is 1. The highest BCUT2D eigenvalue weighted by Crippen LogP contribution is 2.32. The number of amides is 1. The minimum absolute atomic E-state index is 0.0919. The second kappa shape index (κ2) is 9.03. The van der Waals surface area contributed by atoms with Crippen molar-refractivity contribution in [2.24, 2.45) is 0 Å². The Morgan fingerprint density at radius 3 is 2.31 bits per heavy atom. The topological polar surface area (TPSA) is 64.0 Å². The third-order valence-corrected chi connectivity index (χ3v) is 5.15. The lowest BCUT2D eigenvalue weighted by Gasteiger charge is -2.20. The van der Waals surface area contributed by atoms with E-state index < -0.39 is 0 Å². The Morgan fingerprint density at radius 2 is 1.77 bits per heavy atom. The predicted octanol–water partition coefficient (Wildman–Crippen LogP) is 4.24. The van der Waals surface area contributed by atoms with Gasteiger partial charge in [0.2, 0.25) is 5.91 Å². The summed E-state index contributed by atoms with van der Waals surface area (Å²) in [6.07, 6.45) is 1.71. The third-order valence-electron chi connectivity index (χ3n) is 4.16. The number of aromatic nitrogens is 2. The third kappa shape index (κ3) is 4.97. The molecule has 0 spiro atoms. The van der Waals surface area contributed by atoms with Gasteiger partial charge in [-0.3, -0.25) is 9.59 Å². The Morgan fingerprint density at radius 1 is 1.15 bits per heavy atom. The zero-order valence-corrected chi connectivity index (χ0v) is 16.9. The van der Waals surface area contributed by atoms with Crippen LogP contribution < -0.4 is 10.9 Å². The quantitative estimate of drug-likeness (QED) is 0.582. The Kier molecular flexibility index (Phi) is 7.03. The summed E-state index contributed by atoms with van der Waals surface area (Å²) in [7, 11) is 0. The van der Waals surface area contributed by atoms with E-state index in [2.05, 4.69) is 50.1 Å². The molecule has 140 valence electrons. The molecule has 2 rings (SSSR count). The first-order chi connectivity index (χ1) is 12.3. The molecule has 26 heavy (non-hydrogen) atoms. The van der Waals surface area contributed by atoms with Gasteiger partial charge in [-0.1, -0.05) is 57.7 Å². The summed E-state index contributed by atoms with van der Waals surface area (Å²) in [5.74, 6) is 0.752. The van der Waals surface area contributed by atoms with Gasteiger partial charge in [-0.05, 0) is 29.9 Å². The SMILES string of the molecule is CCn1ccc(=O)nc1SCC(=O)Nc1c(C(C)C)cccc1C(C)C. The fourth-order valence-electron chi connectivity index (χ4n) is 2.77. The molecule has 0 aliphatic rings. The first-order valence-electron chi connectivity index (χ1n) is 8.96. The van der Waals surface area contributed by atoms with Crippen molar-refractivity contribution >= 4 is 23.4 Å². The van der Waals surface area contributed by atoms with Crippen molar-refractivity contribution in [3.8, 4) is 0 Å². The van der Waals surface area contributed by atoms with Crippen LogP contribution in [0.25, 0.3) is 0 Å². The van der Waals surface area contributed by atoms with Gasteiger partial charge in [-0.25, -0.2) is 0 Å². The van der Waals surface area contributed by atoms with E-state index in [1.807, 2.05) is 17.6 Å². The van der Waals surface area contributed by atoms with Gasteiger partial charge in [0.15, 0.2) is 5.16 Å². The van der Waals surface area contributed by atoms with E-state index in [4.69, 9.17) is 0 Å². The number of carbonyl (C=O) groups is 1. The van der Waals surface area contributed by atoms with Gasteiger partial charge >= 0.3 is 0 Å². The summed E-state index contributed by atoms with van der Waals surface area (Å²) in [4.78, 5) is 28.1. The van der Waals surface area contributed by atoms with Crippen molar-refractivity contribution in [2.75, 3.05) is 11.1 Å². The number of para-hydroxylation sites is 1. The summed E-state index contributed by atoms with van der Waals surface area (Å²) >= 11 is 1.28. The van der Waals surface area contributed by atoms with Crippen LogP contribution in [0.2, 0.25) is 0 Å². The van der Waals surface area contributed by atoms with E-state index in [9.17, 15) is 9.59 Å². The summed E-state index contributed by atoms with van der Waals surface area (Å²) in [6, 6.07) is 7.60. The van der Waals surface area contributed by atoms with Gasteiger partial charge < -0.3 is 9.88 Å². The fourth-order valence-corrected chi connectivity index (χ4v) is 3.61. The summed E-state index contributed by atoms with van der Waals surface area (Å²) in [5.41, 5.74) is 2.90. The number of nitrogens with one attached hydrogen (secondary N) is 1. The zero-order chi connectivity index (χ0) is 19.3. The molecule has 0 fully saturated rings. The number of hydrogen-bond donors (Lipinski definition) is 1. The lowest BCUT2D eigenvalue weighted by molar-refractivity contribution is -0.113. The Labute approximate surface area is 159 Å². The molecule has 1 aromatic heterocycles. The van der Waals surface area contributed by atoms with Crippen molar-refractivity contribution in [1.29, 1.82) is 0 Å². The zero-order valence-electron chi connectivity index (χ0n) is 16.1. The van der Waals surface area contributed by atoms with Crippen LogP contribution in [0.15, 0.2) is 40.4 Å². The number of rotatable bonds is 7. The highest BCUT2D eigenvalue weighted by molar-refractivity contribution is 7.99. The van der Waals surface area contributed by atoms with Crippen molar-refractivity contribution in [2.45, 2.75) is 58.2 Å². The van der Waals surface area contributed by atoms with Crippen LogP contribution in [-0.4, -0.2) is 21.2 Å². The van der Waals surface area contributed by atoms with Gasteiger partial charge in [0.25, 0.3) is 5.56 Å². The number of anilines is 1. The van der Waals surface area contributed by atoms with Crippen molar-refractivity contribution in [1.82, 2.24) is 9.55 Å². The van der Waals surface area contributed by atoms with Crippen LogP contribution >= 0.6 is 11.8 Å². The minimum atomic E-state index is -0.287. The first-order valence-corrected chi connectivity index (χ1v) is 9.95. The van der Waals surface area contributed by atoms with Crippen molar-refractivity contribution in [3.63, 3.8) is 0 Å². The van der Waals surface area contributed by atoms with Crippen LogP contribution in [0.5, 0.6) is 0 Å². The molecule has 1 N–H and O–H groups in total. The summed E-state index contributed by atoms with van der Waals surface area (Å²) in [6.45, 7) is 11.2. The van der Waals surface area contributed by atoms with Crippen molar-refractivity contribution < 1.29 is 4.79 Å². The van der Waals surface area contributed by atoms with E-state index in [-0.39, 0.29) is 17.2 Å². The maximum absolute atomic E-state index is 12.6. The van der Waals surface area contributed by atoms with E-state index in [0.717, 1.165) is 16.8 Å². The molecular weight excluding hydrogens is 346 g/mol. The second-order valence-corrected chi connectivity index (χ2v) is 7.73.